The second-order valence-corrected chi connectivity index (χ2v) is 11.7. The van der Waals surface area contributed by atoms with Crippen molar-refractivity contribution in [2.75, 3.05) is 24.5 Å². The third kappa shape index (κ3) is 7.63. The Morgan fingerprint density at radius 2 is 1.52 bits per heavy atom. The molecule has 1 N–H and O–H groups in total. The van der Waals surface area contributed by atoms with E-state index in [1.165, 1.54) is 24.1 Å². The van der Waals surface area contributed by atoms with Crippen LogP contribution in [0.2, 0.25) is 0 Å². The van der Waals surface area contributed by atoms with Gasteiger partial charge in [-0.25, -0.2) is 8.42 Å². The number of sulfonamides is 1. The Morgan fingerprint density at radius 1 is 0.925 bits per heavy atom. The molecule has 1 atom stereocenters. The quantitative estimate of drug-likeness (QED) is 0.299. The van der Waals surface area contributed by atoms with E-state index in [9.17, 15) is 18.0 Å². The lowest BCUT2D eigenvalue weighted by atomic mass is 10.1. The molecular formula is C31H39N3O5S. The average Bonchev–Trinajstić information content (AvgIpc) is 2.95. The van der Waals surface area contributed by atoms with E-state index in [1.54, 1.807) is 43.3 Å². The van der Waals surface area contributed by atoms with Gasteiger partial charge in [-0.1, -0.05) is 73.0 Å². The van der Waals surface area contributed by atoms with Gasteiger partial charge in [0.2, 0.25) is 11.8 Å². The number of aryl methyl sites for hydroxylation is 2. The Labute approximate surface area is 238 Å². The third-order valence-electron chi connectivity index (χ3n) is 6.71. The average molecular weight is 566 g/mol. The summed E-state index contributed by atoms with van der Waals surface area (Å²) in [5.41, 5.74) is 3.04. The van der Waals surface area contributed by atoms with E-state index in [-0.39, 0.29) is 23.0 Å². The summed E-state index contributed by atoms with van der Waals surface area (Å²) in [5.74, 6) is -0.499. The number of anilines is 1. The topological polar surface area (TPSA) is 96.0 Å². The largest absolute Gasteiger partial charge is 0.495 e. The number of rotatable bonds is 13. The molecule has 3 rings (SSSR count). The number of carbonyl (C=O) groups is 2. The van der Waals surface area contributed by atoms with Gasteiger partial charge >= 0.3 is 0 Å². The van der Waals surface area contributed by atoms with Crippen LogP contribution in [0, 0.1) is 13.8 Å². The molecule has 0 heterocycles. The van der Waals surface area contributed by atoms with Crippen LogP contribution >= 0.6 is 0 Å². The van der Waals surface area contributed by atoms with Gasteiger partial charge in [0.15, 0.2) is 0 Å². The molecular weight excluding hydrogens is 526 g/mol. The minimum absolute atomic E-state index is 0.0484. The molecule has 0 bridgehead atoms. The van der Waals surface area contributed by atoms with Gasteiger partial charge < -0.3 is 15.0 Å². The maximum absolute atomic E-state index is 14.0. The monoisotopic (exact) mass is 565 g/mol. The maximum atomic E-state index is 14.0. The van der Waals surface area contributed by atoms with Gasteiger partial charge in [-0.3, -0.25) is 13.9 Å². The zero-order chi connectivity index (χ0) is 29.3. The van der Waals surface area contributed by atoms with Crippen LogP contribution in [-0.2, 0) is 26.2 Å². The van der Waals surface area contributed by atoms with Crippen molar-refractivity contribution in [1.82, 2.24) is 10.2 Å². The molecule has 0 unspecified atom stereocenters. The molecule has 8 nitrogen and oxygen atoms in total. The minimum Gasteiger partial charge on any atom is -0.495 e. The Bertz CT molecular complexity index is 1390. The van der Waals surface area contributed by atoms with Crippen LogP contribution in [0.3, 0.4) is 0 Å². The molecule has 0 fully saturated rings. The third-order valence-corrected chi connectivity index (χ3v) is 8.49. The number of amides is 2. The number of benzene rings is 3. The predicted octanol–water partition coefficient (Wildman–Crippen LogP) is 4.84. The zero-order valence-electron chi connectivity index (χ0n) is 23.9. The van der Waals surface area contributed by atoms with Gasteiger partial charge in [-0.05, 0) is 57.0 Å². The fraction of sp³-hybridized carbons (Fsp3) is 0.355. The zero-order valence-corrected chi connectivity index (χ0v) is 24.7. The summed E-state index contributed by atoms with van der Waals surface area (Å²) in [4.78, 5) is 28.5. The smallest absolute Gasteiger partial charge is 0.264 e. The van der Waals surface area contributed by atoms with Gasteiger partial charge in [0.1, 0.15) is 18.3 Å². The summed E-state index contributed by atoms with van der Waals surface area (Å²) < 4.78 is 34.5. The van der Waals surface area contributed by atoms with Gasteiger partial charge in [-0.15, -0.1) is 0 Å². The molecule has 0 saturated heterocycles. The van der Waals surface area contributed by atoms with Crippen molar-refractivity contribution in [3.05, 3.63) is 89.5 Å². The van der Waals surface area contributed by atoms with Crippen LogP contribution in [0.1, 0.15) is 43.4 Å². The molecule has 0 aliphatic heterocycles. The number of nitrogens with one attached hydrogen (secondary N) is 1. The van der Waals surface area contributed by atoms with Crippen LogP contribution in [-0.4, -0.2) is 51.4 Å². The summed E-state index contributed by atoms with van der Waals surface area (Å²) in [5, 5.41) is 2.89. The highest BCUT2D eigenvalue weighted by Gasteiger charge is 2.33. The summed E-state index contributed by atoms with van der Waals surface area (Å²) in [6, 6.07) is 20.0. The number of nitrogens with zero attached hydrogens (tertiary/aromatic N) is 2. The Morgan fingerprint density at radius 3 is 2.12 bits per heavy atom. The van der Waals surface area contributed by atoms with E-state index < -0.39 is 28.5 Å². The van der Waals surface area contributed by atoms with Gasteiger partial charge in [-0.2, -0.15) is 0 Å². The van der Waals surface area contributed by atoms with Crippen LogP contribution in [0.15, 0.2) is 77.7 Å². The highest BCUT2D eigenvalue weighted by Crippen LogP contribution is 2.32. The van der Waals surface area contributed by atoms with E-state index in [4.69, 9.17) is 4.74 Å². The molecule has 2 amide bonds. The Balaban J connectivity index is 2.03. The Hall–Kier alpha value is -3.85. The minimum atomic E-state index is -4.17. The summed E-state index contributed by atoms with van der Waals surface area (Å²) >= 11 is 0. The second-order valence-electron chi connectivity index (χ2n) is 9.82. The lowest BCUT2D eigenvalue weighted by molar-refractivity contribution is -0.139. The van der Waals surface area contributed by atoms with E-state index in [2.05, 4.69) is 5.32 Å². The van der Waals surface area contributed by atoms with E-state index >= 15 is 0 Å². The first-order chi connectivity index (χ1) is 19.1. The molecule has 3 aromatic carbocycles. The fourth-order valence-corrected chi connectivity index (χ4v) is 5.62. The molecule has 40 heavy (non-hydrogen) atoms. The van der Waals surface area contributed by atoms with Gasteiger partial charge in [0.25, 0.3) is 10.0 Å². The number of carbonyl (C=O) groups excluding carboxylic acids is 2. The van der Waals surface area contributed by atoms with Crippen molar-refractivity contribution < 1.29 is 22.7 Å². The Kier molecular flexibility index (Phi) is 10.7. The molecule has 0 aromatic heterocycles. The van der Waals surface area contributed by atoms with Crippen molar-refractivity contribution in [3.8, 4) is 5.75 Å². The summed E-state index contributed by atoms with van der Waals surface area (Å²) in [6.07, 6.45) is 1.74. The maximum Gasteiger partial charge on any atom is 0.264 e. The van der Waals surface area contributed by atoms with Crippen molar-refractivity contribution in [1.29, 1.82) is 0 Å². The normalized spacial score (nSPS) is 11.9. The second kappa shape index (κ2) is 14.0. The first kappa shape index (κ1) is 30.7. The SMILES string of the molecule is CCCCNC(=O)[C@H](C)N(Cc1ccc(C)cc1)C(=O)CN(c1ccccc1OC)S(=O)(=O)c1ccc(C)cc1. The van der Waals surface area contributed by atoms with Crippen molar-refractivity contribution in [2.24, 2.45) is 0 Å². The number of unbranched alkanes of at least 4 members (excludes halogenated alkanes) is 1. The first-order valence-corrected chi connectivity index (χ1v) is 14.9. The lowest BCUT2D eigenvalue weighted by Gasteiger charge is -2.32. The standard InChI is InChI=1S/C31H39N3O5S/c1-6-7-20-32-31(36)25(4)33(21-26-16-12-23(2)13-17-26)30(35)22-34(28-10-8-9-11-29(28)39-5)40(37,38)27-18-14-24(3)15-19-27/h8-19,25H,6-7,20-22H2,1-5H3,(H,32,36)/t25-/m0/s1. The number of methoxy groups -OCH3 is 1. The number of para-hydroxylation sites is 2. The molecule has 0 saturated carbocycles. The van der Waals surface area contributed by atoms with Crippen molar-refractivity contribution >= 4 is 27.5 Å². The lowest BCUT2D eigenvalue weighted by Crippen LogP contribution is -2.51. The van der Waals surface area contributed by atoms with E-state index in [0.717, 1.165) is 33.8 Å². The summed E-state index contributed by atoms with van der Waals surface area (Å²) in [6.45, 7) is 7.66. The number of hydrogen-bond donors (Lipinski definition) is 1. The molecule has 0 aliphatic rings. The van der Waals surface area contributed by atoms with E-state index in [0.29, 0.717) is 12.3 Å². The van der Waals surface area contributed by atoms with Crippen LogP contribution in [0.25, 0.3) is 0 Å². The molecule has 0 spiro atoms. The molecule has 214 valence electrons. The highest BCUT2D eigenvalue weighted by molar-refractivity contribution is 7.92. The number of hydrogen-bond acceptors (Lipinski definition) is 5. The fourth-order valence-electron chi connectivity index (χ4n) is 4.20. The first-order valence-electron chi connectivity index (χ1n) is 13.4. The van der Waals surface area contributed by atoms with Crippen LogP contribution < -0.4 is 14.4 Å². The van der Waals surface area contributed by atoms with Gasteiger partial charge in [0.05, 0.1) is 17.7 Å². The van der Waals surface area contributed by atoms with Crippen molar-refractivity contribution in [3.63, 3.8) is 0 Å². The summed E-state index contributed by atoms with van der Waals surface area (Å²) in [7, 11) is -2.72. The number of ether oxygens (including phenoxy) is 1. The molecule has 3 aromatic rings. The molecule has 0 aliphatic carbocycles. The van der Waals surface area contributed by atoms with Crippen molar-refractivity contribution in [2.45, 2.75) is 58.0 Å². The van der Waals surface area contributed by atoms with Crippen LogP contribution in [0.5, 0.6) is 5.75 Å². The van der Waals surface area contributed by atoms with Crippen LogP contribution in [0.4, 0.5) is 5.69 Å². The molecule has 9 heteroatoms. The van der Waals surface area contributed by atoms with E-state index in [1.807, 2.05) is 45.0 Å². The van der Waals surface area contributed by atoms with Gasteiger partial charge in [0, 0.05) is 13.1 Å². The highest BCUT2D eigenvalue weighted by atomic mass is 32.2. The predicted molar refractivity (Wildman–Crippen MR) is 158 cm³/mol. The molecule has 0 radical (unpaired) electrons.